The average Bonchev–Trinajstić information content (AvgIpc) is 2.57. The number of halogens is 1. The fourth-order valence-corrected chi connectivity index (χ4v) is 2.76. The Morgan fingerprint density at radius 1 is 0.957 bits per heavy atom. The van der Waals surface area contributed by atoms with Crippen molar-refractivity contribution in [3.8, 4) is 5.75 Å². The van der Waals surface area contributed by atoms with Gasteiger partial charge >= 0.3 is 5.97 Å². The Morgan fingerprint density at radius 3 is 2.35 bits per heavy atom. The van der Waals surface area contributed by atoms with E-state index in [2.05, 4.69) is 15.9 Å². The Balaban J connectivity index is 2.02. The maximum atomic E-state index is 12.3. The molecule has 0 unspecified atom stereocenters. The van der Waals surface area contributed by atoms with E-state index in [9.17, 15) is 14.9 Å². The van der Waals surface area contributed by atoms with Gasteiger partial charge in [0.15, 0.2) is 0 Å². The van der Waals surface area contributed by atoms with Crippen LogP contribution >= 0.6 is 15.9 Å². The van der Waals surface area contributed by atoms with E-state index >= 15 is 0 Å². The van der Waals surface area contributed by atoms with Crippen molar-refractivity contribution < 1.29 is 14.5 Å². The second kappa shape index (κ2) is 6.18. The number of rotatable bonds is 3. The van der Waals surface area contributed by atoms with Gasteiger partial charge in [0.1, 0.15) is 11.3 Å². The molecule has 6 heteroatoms. The van der Waals surface area contributed by atoms with Crippen molar-refractivity contribution in [3.63, 3.8) is 0 Å². The lowest BCUT2D eigenvalue weighted by molar-refractivity contribution is -0.385. The highest BCUT2D eigenvalue weighted by Crippen LogP contribution is 2.32. The maximum absolute atomic E-state index is 12.3. The number of para-hydroxylation sites is 1. The zero-order chi connectivity index (χ0) is 16.4. The molecule has 5 nitrogen and oxygen atoms in total. The van der Waals surface area contributed by atoms with E-state index in [1.165, 1.54) is 18.2 Å². The highest BCUT2D eigenvalue weighted by atomic mass is 79.9. The van der Waals surface area contributed by atoms with Gasteiger partial charge in [-0.1, -0.05) is 52.3 Å². The molecule has 0 aliphatic carbocycles. The standard InChI is InChI=1S/C17H10BrNO4/c18-14-9-10-16(12-6-2-1-5-11(12)14)23-17(20)13-7-3-4-8-15(13)19(21)22/h1-10H. The normalized spacial score (nSPS) is 10.5. The molecule has 3 aromatic carbocycles. The van der Waals surface area contributed by atoms with Gasteiger partial charge in [-0.15, -0.1) is 0 Å². The molecular formula is C17H10BrNO4. The molecule has 0 fully saturated rings. The summed E-state index contributed by atoms with van der Waals surface area (Å²) >= 11 is 3.44. The van der Waals surface area contributed by atoms with Gasteiger partial charge in [0.25, 0.3) is 5.69 Å². The minimum absolute atomic E-state index is 0.0792. The summed E-state index contributed by atoms with van der Waals surface area (Å²) in [6, 6.07) is 16.6. The van der Waals surface area contributed by atoms with Crippen LogP contribution in [0.5, 0.6) is 5.75 Å². The van der Waals surface area contributed by atoms with Crippen LogP contribution in [0.3, 0.4) is 0 Å². The lowest BCUT2D eigenvalue weighted by Gasteiger charge is -2.09. The smallest absolute Gasteiger partial charge is 0.350 e. The molecular weight excluding hydrogens is 362 g/mol. The molecule has 0 saturated carbocycles. The predicted octanol–water partition coefficient (Wildman–Crippen LogP) is 4.73. The summed E-state index contributed by atoms with van der Waals surface area (Å²) in [5.41, 5.74) is -0.358. The molecule has 3 rings (SSSR count). The molecule has 23 heavy (non-hydrogen) atoms. The zero-order valence-electron chi connectivity index (χ0n) is 11.7. The number of nitro benzene ring substituents is 1. The third-order valence-electron chi connectivity index (χ3n) is 3.35. The predicted molar refractivity (Wildman–Crippen MR) is 89.7 cm³/mol. The number of carbonyl (C=O) groups excluding carboxylic acids is 1. The first-order valence-corrected chi connectivity index (χ1v) is 7.50. The molecule has 0 aromatic heterocycles. The maximum Gasteiger partial charge on any atom is 0.350 e. The Kier molecular flexibility index (Phi) is 4.08. The average molecular weight is 372 g/mol. The molecule has 0 spiro atoms. The zero-order valence-corrected chi connectivity index (χ0v) is 13.3. The Morgan fingerprint density at radius 2 is 1.61 bits per heavy atom. The van der Waals surface area contributed by atoms with Crippen LogP contribution < -0.4 is 4.74 Å². The summed E-state index contributed by atoms with van der Waals surface area (Å²) in [5, 5.41) is 12.7. The van der Waals surface area contributed by atoms with Gasteiger partial charge in [-0.25, -0.2) is 4.79 Å². The first-order valence-electron chi connectivity index (χ1n) is 6.71. The minimum atomic E-state index is -0.759. The highest BCUT2D eigenvalue weighted by Gasteiger charge is 2.21. The lowest BCUT2D eigenvalue weighted by Crippen LogP contribution is -2.11. The van der Waals surface area contributed by atoms with Gasteiger partial charge in [-0.2, -0.15) is 0 Å². The molecule has 114 valence electrons. The number of ether oxygens (including phenoxy) is 1. The monoisotopic (exact) mass is 371 g/mol. The van der Waals surface area contributed by atoms with Crippen LogP contribution in [-0.4, -0.2) is 10.9 Å². The van der Waals surface area contributed by atoms with E-state index in [1.807, 2.05) is 24.3 Å². The van der Waals surface area contributed by atoms with Crippen molar-refractivity contribution in [1.82, 2.24) is 0 Å². The molecule has 0 saturated heterocycles. The Hall–Kier alpha value is -2.73. The van der Waals surface area contributed by atoms with Crippen LogP contribution in [-0.2, 0) is 0 Å². The van der Waals surface area contributed by atoms with Gasteiger partial charge in [0.2, 0.25) is 0 Å². The van der Waals surface area contributed by atoms with Crippen LogP contribution in [0.4, 0.5) is 5.69 Å². The molecule has 0 amide bonds. The minimum Gasteiger partial charge on any atom is -0.422 e. The van der Waals surface area contributed by atoms with Crippen molar-refractivity contribution in [2.45, 2.75) is 0 Å². The van der Waals surface area contributed by atoms with Crippen LogP contribution in [0.1, 0.15) is 10.4 Å². The number of nitrogens with zero attached hydrogens (tertiary/aromatic N) is 1. The fraction of sp³-hybridized carbons (Fsp3) is 0. The van der Waals surface area contributed by atoms with Crippen LogP contribution in [0.25, 0.3) is 10.8 Å². The number of esters is 1. The van der Waals surface area contributed by atoms with Crippen molar-refractivity contribution in [2.75, 3.05) is 0 Å². The summed E-state index contributed by atoms with van der Waals surface area (Å²) in [6.45, 7) is 0. The number of carbonyl (C=O) groups is 1. The molecule has 0 atom stereocenters. The summed E-state index contributed by atoms with van der Waals surface area (Å²) < 4.78 is 6.27. The summed E-state index contributed by atoms with van der Waals surface area (Å²) in [5.74, 6) is -0.406. The molecule has 0 aliphatic heterocycles. The highest BCUT2D eigenvalue weighted by molar-refractivity contribution is 9.10. The van der Waals surface area contributed by atoms with E-state index in [1.54, 1.807) is 18.2 Å². The van der Waals surface area contributed by atoms with Gasteiger partial charge in [0, 0.05) is 15.9 Å². The van der Waals surface area contributed by atoms with Gasteiger partial charge in [-0.05, 0) is 23.6 Å². The molecule has 0 aliphatic rings. The molecule has 3 aromatic rings. The number of benzene rings is 3. The first-order chi connectivity index (χ1) is 11.1. The molecule has 0 heterocycles. The fourth-order valence-electron chi connectivity index (χ4n) is 2.28. The quantitative estimate of drug-likeness (QED) is 0.289. The van der Waals surface area contributed by atoms with Crippen LogP contribution in [0, 0.1) is 10.1 Å². The third kappa shape index (κ3) is 2.93. The Bertz CT molecular complexity index is 923. The topological polar surface area (TPSA) is 69.4 Å². The van der Waals surface area contributed by atoms with Gasteiger partial charge in [0.05, 0.1) is 4.92 Å². The largest absolute Gasteiger partial charge is 0.422 e. The number of fused-ring (bicyclic) bond motifs is 1. The molecule has 0 radical (unpaired) electrons. The van der Waals surface area contributed by atoms with Crippen molar-refractivity contribution in [2.24, 2.45) is 0 Å². The molecule has 0 bridgehead atoms. The van der Waals surface area contributed by atoms with Crippen LogP contribution in [0.15, 0.2) is 65.1 Å². The van der Waals surface area contributed by atoms with E-state index < -0.39 is 10.9 Å². The summed E-state index contributed by atoms with van der Waals surface area (Å²) in [4.78, 5) is 22.8. The van der Waals surface area contributed by atoms with Gasteiger partial charge < -0.3 is 4.74 Å². The number of nitro groups is 1. The molecule has 0 N–H and O–H groups in total. The lowest BCUT2D eigenvalue weighted by atomic mass is 10.1. The number of hydrogen-bond donors (Lipinski definition) is 0. The van der Waals surface area contributed by atoms with Crippen molar-refractivity contribution >= 4 is 38.4 Å². The van der Waals surface area contributed by atoms with E-state index in [0.29, 0.717) is 5.75 Å². The second-order valence-corrected chi connectivity index (χ2v) is 5.61. The summed E-state index contributed by atoms with van der Waals surface area (Å²) in [7, 11) is 0. The van der Waals surface area contributed by atoms with Crippen LogP contribution in [0.2, 0.25) is 0 Å². The number of hydrogen-bond acceptors (Lipinski definition) is 4. The van der Waals surface area contributed by atoms with E-state index in [0.717, 1.165) is 15.2 Å². The SMILES string of the molecule is O=C(Oc1ccc(Br)c2ccccc12)c1ccccc1[N+](=O)[O-]. The van der Waals surface area contributed by atoms with Gasteiger partial charge in [-0.3, -0.25) is 10.1 Å². The van der Waals surface area contributed by atoms with E-state index in [4.69, 9.17) is 4.74 Å². The Labute approximate surface area is 139 Å². The first kappa shape index (κ1) is 15.2. The second-order valence-electron chi connectivity index (χ2n) is 4.75. The summed E-state index contributed by atoms with van der Waals surface area (Å²) in [6.07, 6.45) is 0. The third-order valence-corrected chi connectivity index (χ3v) is 4.05. The van der Waals surface area contributed by atoms with Crippen molar-refractivity contribution in [1.29, 1.82) is 0 Å². The van der Waals surface area contributed by atoms with E-state index in [-0.39, 0.29) is 11.3 Å². The van der Waals surface area contributed by atoms with Crippen molar-refractivity contribution in [3.05, 3.63) is 80.8 Å².